The van der Waals surface area contributed by atoms with Crippen molar-refractivity contribution in [3.05, 3.63) is 51.2 Å². The van der Waals surface area contributed by atoms with E-state index in [1.165, 1.54) is 0 Å². The van der Waals surface area contributed by atoms with Crippen LogP contribution in [0.25, 0.3) is 0 Å². The van der Waals surface area contributed by atoms with Crippen LogP contribution in [0.5, 0.6) is 0 Å². The van der Waals surface area contributed by atoms with Gasteiger partial charge in [0.05, 0.1) is 5.56 Å². The van der Waals surface area contributed by atoms with Gasteiger partial charge in [-0.15, -0.1) is 11.3 Å². The SMILES string of the molecule is Cc1cc(C(=O)Nc2ccccc2CCC(=O)O)c(C)s1. The highest BCUT2D eigenvalue weighted by atomic mass is 32.1. The Morgan fingerprint density at radius 3 is 2.57 bits per heavy atom. The molecule has 110 valence electrons. The summed E-state index contributed by atoms with van der Waals surface area (Å²) in [6, 6.07) is 9.17. The molecule has 0 aliphatic heterocycles. The van der Waals surface area contributed by atoms with Crippen molar-refractivity contribution in [1.82, 2.24) is 0 Å². The molecular formula is C16H17NO3S. The van der Waals surface area contributed by atoms with Crippen molar-refractivity contribution < 1.29 is 14.7 Å². The average Bonchev–Trinajstić information content (AvgIpc) is 2.76. The number of benzene rings is 1. The van der Waals surface area contributed by atoms with Crippen LogP contribution < -0.4 is 5.32 Å². The Morgan fingerprint density at radius 1 is 1.24 bits per heavy atom. The Hall–Kier alpha value is -2.14. The number of thiophene rings is 1. The minimum atomic E-state index is -0.847. The standard InChI is InChI=1S/C16H17NO3S/c1-10-9-13(11(2)21-10)16(20)17-14-6-4-3-5-12(14)7-8-15(18)19/h3-6,9H,7-8H2,1-2H3,(H,17,20)(H,18,19). The van der Waals surface area contributed by atoms with Gasteiger partial charge in [0.1, 0.15) is 0 Å². The van der Waals surface area contributed by atoms with E-state index in [9.17, 15) is 9.59 Å². The van der Waals surface area contributed by atoms with E-state index in [1.807, 2.05) is 38.1 Å². The number of carboxylic acids is 1. The van der Waals surface area contributed by atoms with E-state index in [4.69, 9.17) is 5.11 Å². The summed E-state index contributed by atoms with van der Waals surface area (Å²) in [6.07, 6.45) is 0.441. The van der Waals surface area contributed by atoms with E-state index in [0.717, 1.165) is 15.3 Å². The van der Waals surface area contributed by atoms with E-state index < -0.39 is 5.97 Å². The number of carboxylic acid groups (broad SMARTS) is 1. The maximum atomic E-state index is 12.3. The minimum absolute atomic E-state index is 0.0451. The number of carbonyl (C=O) groups excluding carboxylic acids is 1. The molecule has 21 heavy (non-hydrogen) atoms. The molecule has 4 nitrogen and oxygen atoms in total. The topological polar surface area (TPSA) is 66.4 Å². The number of nitrogens with one attached hydrogen (secondary N) is 1. The van der Waals surface area contributed by atoms with E-state index in [-0.39, 0.29) is 12.3 Å². The van der Waals surface area contributed by atoms with Crippen LogP contribution >= 0.6 is 11.3 Å². The summed E-state index contributed by atoms with van der Waals surface area (Å²) in [4.78, 5) is 25.1. The molecule has 1 aromatic carbocycles. The number of rotatable bonds is 5. The normalized spacial score (nSPS) is 10.4. The van der Waals surface area contributed by atoms with Crippen molar-refractivity contribution in [1.29, 1.82) is 0 Å². The second kappa shape index (κ2) is 6.54. The maximum absolute atomic E-state index is 12.3. The summed E-state index contributed by atoms with van der Waals surface area (Å²) in [7, 11) is 0. The number of hydrogen-bond acceptors (Lipinski definition) is 3. The Morgan fingerprint density at radius 2 is 1.95 bits per heavy atom. The zero-order valence-electron chi connectivity index (χ0n) is 12.0. The number of amides is 1. The number of aliphatic carboxylic acids is 1. The lowest BCUT2D eigenvalue weighted by molar-refractivity contribution is -0.136. The van der Waals surface area contributed by atoms with Gasteiger partial charge in [0.15, 0.2) is 0 Å². The Labute approximate surface area is 127 Å². The van der Waals surface area contributed by atoms with Gasteiger partial charge in [0.2, 0.25) is 0 Å². The van der Waals surface area contributed by atoms with Crippen molar-refractivity contribution in [3.63, 3.8) is 0 Å². The molecule has 2 N–H and O–H groups in total. The van der Waals surface area contributed by atoms with Crippen molar-refractivity contribution in [2.45, 2.75) is 26.7 Å². The second-order valence-electron chi connectivity index (χ2n) is 4.83. The van der Waals surface area contributed by atoms with E-state index >= 15 is 0 Å². The zero-order chi connectivity index (χ0) is 15.4. The van der Waals surface area contributed by atoms with Crippen molar-refractivity contribution in [2.75, 3.05) is 5.32 Å². The van der Waals surface area contributed by atoms with Crippen molar-refractivity contribution >= 4 is 28.9 Å². The number of hydrogen-bond donors (Lipinski definition) is 2. The fourth-order valence-electron chi connectivity index (χ4n) is 2.15. The minimum Gasteiger partial charge on any atom is -0.481 e. The molecule has 1 amide bonds. The molecule has 0 saturated carbocycles. The fourth-order valence-corrected chi connectivity index (χ4v) is 3.07. The summed E-state index contributed by atoms with van der Waals surface area (Å²) in [6.45, 7) is 3.89. The largest absolute Gasteiger partial charge is 0.481 e. The number of aryl methyl sites for hydroxylation is 3. The van der Waals surface area contributed by atoms with Crippen molar-refractivity contribution in [3.8, 4) is 0 Å². The molecule has 0 spiro atoms. The van der Waals surface area contributed by atoms with Crippen LogP contribution in [0.3, 0.4) is 0 Å². The van der Waals surface area contributed by atoms with Crippen LogP contribution in [-0.4, -0.2) is 17.0 Å². The van der Waals surface area contributed by atoms with Crippen LogP contribution in [-0.2, 0) is 11.2 Å². The van der Waals surface area contributed by atoms with Gasteiger partial charge < -0.3 is 10.4 Å². The zero-order valence-corrected chi connectivity index (χ0v) is 12.8. The first-order valence-electron chi connectivity index (χ1n) is 6.65. The first kappa shape index (κ1) is 15.3. The van der Waals surface area contributed by atoms with Gasteiger partial charge in [-0.25, -0.2) is 0 Å². The summed E-state index contributed by atoms with van der Waals surface area (Å²) in [5, 5.41) is 11.7. The molecule has 1 heterocycles. The lowest BCUT2D eigenvalue weighted by Crippen LogP contribution is -2.13. The lowest BCUT2D eigenvalue weighted by Gasteiger charge is -2.10. The summed E-state index contributed by atoms with van der Waals surface area (Å²) < 4.78 is 0. The van der Waals surface area contributed by atoms with E-state index in [0.29, 0.717) is 17.7 Å². The lowest BCUT2D eigenvalue weighted by atomic mass is 10.1. The Kier molecular flexibility index (Phi) is 4.75. The molecule has 0 fully saturated rings. The number of carbonyl (C=O) groups is 2. The van der Waals surface area contributed by atoms with Crippen LogP contribution in [0.2, 0.25) is 0 Å². The Bertz CT molecular complexity index is 676. The first-order chi connectivity index (χ1) is 9.97. The molecule has 0 aliphatic carbocycles. The van der Waals surface area contributed by atoms with Crippen LogP contribution in [0.15, 0.2) is 30.3 Å². The van der Waals surface area contributed by atoms with E-state index in [1.54, 1.807) is 17.4 Å². The smallest absolute Gasteiger partial charge is 0.303 e. The molecule has 0 atom stereocenters. The van der Waals surface area contributed by atoms with Gasteiger partial charge in [-0.05, 0) is 38.0 Å². The third kappa shape index (κ3) is 3.92. The Balaban J connectivity index is 2.17. The molecule has 0 radical (unpaired) electrons. The third-order valence-electron chi connectivity index (χ3n) is 3.16. The van der Waals surface area contributed by atoms with Crippen LogP contribution in [0, 0.1) is 13.8 Å². The maximum Gasteiger partial charge on any atom is 0.303 e. The molecule has 2 aromatic rings. The van der Waals surface area contributed by atoms with Crippen LogP contribution in [0.4, 0.5) is 5.69 Å². The predicted octanol–water partition coefficient (Wildman–Crippen LogP) is 3.63. The monoisotopic (exact) mass is 303 g/mol. The fraction of sp³-hybridized carbons (Fsp3) is 0.250. The van der Waals surface area contributed by atoms with Gasteiger partial charge in [-0.1, -0.05) is 18.2 Å². The second-order valence-corrected chi connectivity index (χ2v) is 6.29. The molecule has 0 unspecified atom stereocenters. The average molecular weight is 303 g/mol. The highest BCUT2D eigenvalue weighted by Gasteiger charge is 2.14. The highest BCUT2D eigenvalue weighted by molar-refractivity contribution is 7.12. The van der Waals surface area contributed by atoms with Crippen molar-refractivity contribution in [2.24, 2.45) is 0 Å². The molecule has 0 bridgehead atoms. The van der Waals surface area contributed by atoms with E-state index in [2.05, 4.69) is 5.32 Å². The molecule has 0 saturated heterocycles. The van der Waals surface area contributed by atoms with Gasteiger partial charge in [-0.2, -0.15) is 0 Å². The third-order valence-corrected chi connectivity index (χ3v) is 4.13. The molecule has 5 heteroatoms. The van der Waals surface area contributed by atoms with Gasteiger partial charge in [0.25, 0.3) is 5.91 Å². The quantitative estimate of drug-likeness (QED) is 0.886. The molecule has 0 aliphatic rings. The number of anilines is 1. The van der Waals surface area contributed by atoms with Gasteiger partial charge in [0, 0.05) is 21.9 Å². The van der Waals surface area contributed by atoms with Gasteiger partial charge >= 0.3 is 5.97 Å². The van der Waals surface area contributed by atoms with Crippen LogP contribution in [0.1, 0.15) is 32.1 Å². The number of para-hydroxylation sites is 1. The molecular weight excluding hydrogens is 286 g/mol. The predicted molar refractivity (Wildman–Crippen MR) is 84.1 cm³/mol. The summed E-state index contributed by atoms with van der Waals surface area (Å²) in [5.41, 5.74) is 2.18. The first-order valence-corrected chi connectivity index (χ1v) is 7.47. The molecule has 2 rings (SSSR count). The summed E-state index contributed by atoms with van der Waals surface area (Å²) in [5.74, 6) is -1.000. The molecule has 1 aromatic heterocycles. The summed E-state index contributed by atoms with van der Waals surface area (Å²) >= 11 is 1.59. The highest BCUT2D eigenvalue weighted by Crippen LogP contribution is 2.23. The van der Waals surface area contributed by atoms with Gasteiger partial charge in [-0.3, -0.25) is 9.59 Å².